The van der Waals surface area contributed by atoms with Gasteiger partial charge in [-0.1, -0.05) is 149 Å². The molecule has 0 fully saturated rings. The maximum Gasteiger partial charge on any atom is 0.160 e. The highest BCUT2D eigenvalue weighted by atomic mass is 79.9. The van der Waals surface area contributed by atoms with E-state index < -0.39 is 0 Å². The molecule has 0 amide bonds. The molecule has 2 heterocycles. The summed E-state index contributed by atoms with van der Waals surface area (Å²) >= 11 is 3.79. The van der Waals surface area contributed by atoms with Gasteiger partial charge in [-0.05, 0) is 58.7 Å². The molecule has 9 aromatic rings. The second-order valence-corrected chi connectivity index (χ2v) is 12.8. The SMILES string of the molecule is Brc1ccccc1-c1ccccc1-c1ccc2c3ccc(-c4nc(-c5ccccc5)c5ccccc5n4)cc3n(-c3ccccc3)c2c1. The third-order valence-electron chi connectivity index (χ3n) is 9.09. The van der Waals surface area contributed by atoms with Gasteiger partial charge in [-0.15, -0.1) is 0 Å². The molecule has 226 valence electrons. The van der Waals surface area contributed by atoms with Crippen molar-refractivity contribution in [3.05, 3.63) is 174 Å². The predicted octanol–water partition coefficient (Wildman–Crippen LogP) is 12.2. The Kier molecular flexibility index (Phi) is 6.95. The highest BCUT2D eigenvalue weighted by Gasteiger charge is 2.18. The van der Waals surface area contributed by atoms with E-state index in [1.807, 2.05) is 18.2 Å². The van der Waals surface area contributed by atoms with Crippen molar-refractivity contribution in [2.75, 3.05) is 0 Å². The molecule has 0 radical (unpaired) electrons. The Morgan fingerprint density at radius 3 is 1.75 bits per heavy atom. The Bertz CT molecular complexity index is 2620. The average molecular weight is 679 g/mol. The Balaban J connectivity index is 1.28. The van der Waals surface area contributed by atoms with E-state index in [0.29, 0.717) is 5.82 Å². The standard InChI is InChI=1S/C44H28BrN3/c45-39-21-11-9-19-35(39)34-18-8-7-17-33(34)30-23-25-36-37-26-24-31(28-42(37)48(41(36)27-30)32-15-5-2-6-16-32)44-46-40-22-12-10-20-38(40)43(47-44)29-13-3-1-4-14-29/h1-28H. The lowest BCUT2D eigenvalue weighted by atomic mass is 9.94. The van der Waals surface area contributed by atoms with Gasteiger partial charge >= 0.3 is 0 Å². The lowest BCUT2D eigenvalue weighted by Gasteiger charge is -2.13. The molecule has 0 saturated carbocycles. The summed E-state index contributed by atoms with van der Waals surface area (Å²) in [6, 6.07) is 59.8. The molecule has 0 atom stereocenters. The van der Waals surface area contributed by atoms with Gasteiger partial charge in [-0.3, -0.25) is 0 Å². The monoisotopic (exact) mass is 677 g/mol. The van der Waals surface area contributed by atoms with Gasteiger partial charge in [0, 0.05) is 37.4 Å². The maximum atomic E-state index is 5.18. The van der Waals surface area contributed by atoms with Crippen LogP contribution in [0.2, 0.25) is 0 Å². The summed E-state index contributed by atoms with van der Waals surface area (Å²) in [5.41, 5.74) is 12.0. The molecule has 4 heteroatoms. The lowest BCUT2D eigenvalue weighted by molar-refractivity contribution is 1.18. The molecule has 0 aliphatic carbocycles. The summed E-state index contributed by atoms with van der Waals surface area (Å²) in [5.74, 6) is 0.711. The summed E-state index contributed by atoms with van der Waals surface area (Å²) in [6.07, 6.45) is 0. The van der Waals surface area contributed by atoms with E-state index in [4.69, 9.17) is 9.97 Å². The van der Waals surface area contributed by atoms with Crippen LogP contribution in [0.4, 0.5) is 0 Å². The minimum absolute atomic E-state index is 0.711. The Morgan fingerprint density at radius 2 is 1.00 bits per heavy atom. The fourth-order valence-electron chi connectivity index (χ4n) is 6.85. The van der Waals surface area contributed by atoms with E-state index >= 15 is 0 Å². The van der Waals surface area contributed by atoms with Crippen LogP contribution in [0.1, 0.15) is 0 Å². The Hall–Kier alpha value is -5.84. The van der Waals surface area contributed by atoms with Crippen LogP contribution in [0.25, 0.3) is 83.3 Å². The first-order chi connectivity index (χ1) is 23.7. The van der Waals surface area contributed by atoms with Crippen molar-refractivity contribution < 1.29 is 0 Å². The van der Waals surface area contributed by atoms with E-state index in [0.717, 1.165) is 48.9 Å². The highest BCUT2D eigenvalue weighted by molar-refractivity contribution is 9.10. The van der Waals surface area contributed by atoms with Gasteiger partial charge in [0.05, 0.1) is 22.2 Å². The number of rotatable bonds is 5. The molecule has 0 spiro atoms. The topological polar surface area (TPSA) is 30.7 Å². The van der Waals surface area contributed by atoms with Gasteiger partial charge in [-0.25, -0.2) is 9.97 Å². The third kappa shape index (κ3) is 4.81. The fraction of sp³-hybridized carbons (Fsp3) is 0. The third-order valence-corrected chi connectivity index (χ3v) is 9.78. The molecule has 48 heavy (non-hydrogen) atoms. The predicted molar refractivity (Wildman–Crippen MR) is 203 cm³/mol. The molecule has 0 unspecified atom stereocenters. The van der Waals surface area contributed by atoms with E-state index in [1.165, 1.54) is 33.0 Å². The molecule has 0 bridgehead atoms. The summed E-state index contributed by atoms with van der Waals surface area (Å²) in [6.45, 7) is 0. The van der Waals surface area contributed by atoms with Crippen molar-refractivity contribution in [1.29, 1.82) is 0 Å². The number of nitrogens with zero attached hydrogens (tertiary/aromatic N) is 3. The molecule has 0 saturated heterocycles. The second kappa shape index (κ2) is 11.8. The first kappa shape index (κ1) is 28.4. The van der Waals surface area contributed by atoms with Crippen LogP contribution in [-0.2, 0) is 0 Å². The number of benzene rings is 7. The zero-order valence-electron chi connectivity index (χ0n) is 25.9. The van der Waals surface area contributed by atoms with Crippen molar-refractivity contribution in [2.24, 2.45) is 0 Å². The second-order valence-electron chi connectivity index (χ2n) is 11.9. The van der Waals surface area contributed by atoms with E-state index in [-0.39, 0.29) is 0 Å². The lowest BCUT2D eigenvalue weighted by Crippen LogP contribution is -1.96. The van der Waals surface area contributed by atoms with E-state index in [9.17, 15) is 0 Å². The molecule has 3 nitrogen and oxygen atoms in total. The molecule has 2 aromatic heterocycles. The number of fused-ring (bicyclic) bond motifs is 4. The zero-order valence-corrected chi connectivity index (χ0v) is 27.5. The van der Waals surface area contributed by atoms with Crippen LogP contribution in [0, 0.1) is 0 Å². The van der Waals surface area contributed by atoms with E-state index in [1.54, 1.807) is 0 Å². The first-order valence-electron chi connectivity index (χ1n) is 16.0. The van der Waals surface area contributed by atoms with Gasteiger partial charge < -0.3 is 4.57 Å². The minimum atomic E-state index is 0.711. The number of hydrogen-bond donors (Lipinski definition) is 0. The first-order valence-corrected chi connectivity index (χ1v) is 16.8. The van der Waals surface area contributed by atoms with Crippen molar-refractivity contribution in [3.63, 3.8) is 0 Å². The highest BCUT2D eigenvalue weighted by Crippen LogP contribution is 2.40. The number of halogens is 1. The molecule has 0 aliphatic rings. The average Bonchev–Trinajstić information content (AvgIpc) is 3.48. The summed E-state index contributed by atoms with van der Waals surface area (Å²) in [5, 5.41) is 3.43. The molecule has 7 aromatic carbocycles. The fourth-order valence-corrected chi connectivity index (χ4v) is 7.35. The largest absolute Gasteiger partial charge is 0.309 e. The maximum absolute atomic E-state index is 5.18. The summed E-state index contributed by atoms with van der Waals surface area (Å²) < 4.78 is 3.45. The molecular weight excluding hydrogens is 650 g/mol. The Labute approximate surface area is 286 Å². The normalized spacial score (nSPS) is 11.4. The van der Waals surface area contributed by atoms with Crippen LogP contribution in [-0.4, -0.2) is 14.5 Å². The number of hydrogen-bond acceptors (Lipinski definition) is 2. The smallest absolute Gasteiger partial charge is 0.160 e. The molecule has 0 aliphatic heterocycles. The van der Waals surface area contributed by atoms with Gasteiger partial charge in [0.25, 0.3) is 0 Å². The minimum Gasteiger partial charge on any atom is -0.309 e. The van der Waals surface area contributed by atoms with Crippen molar-refractivity contribution >= 4 is 48.6 Å². The molecule has 9 rings (SSSR count). The number of aromatic nitrogens is 3. The van der Waals surface area contributed by atoms with Gasteiger partial charge in [0.2, 0.25) is 0 Å². The number of para-hydroxylation sites is 2. The van der Waals surface area contributed by atoms with Gasteiger partial charge in [0.1, 0.15) is 0 Å². The van der Waals surface area contributed by atoms with Crippen LogP contribution < -0.4 is 0 Å². The molecule has 0 N–H and O–H groups in total. The van der Waals surface area contributed by atoms with Crippen LogP contribution >= 0.6 is 15.9 Å². The van der Waals surface area contributed by atoms with E-state index in [2.05, 4.69) is 172 Å². The zero-order chi connectivity index (χ0) is 32.0. The quantitative estimate of drug-likeness (QED) is 0.181. The van der Waals surface area contributed by atoms with Crippen LogP contribution in [0.3, 0.4) is 0 Å². The van der Waals surface area contributed by atoms with Gasteiger partial charge in [0.15, 0.2) is 5.82 Å². The molecular formula is C44H28BrN3. The summed E-state index contributed by atoms with van der Waals surface area (Å²) in [4.78, 5) is 10.2. The summed E-state index contributed by atoms with van der Waals surface area (Å²) in [7, 11) is 0. The Morgan fingerprint density at radius 1 is 0.417 bits per heavy atom. The van der Waals surface area contributed by atoms with Crippen LogP contribution in [0.15, 0.2) is 174 Å². The van der Waals surface area contributed by atoms with Crippen molar-refractivity contribution in [2.45, 2.75) is 0 Å². The van der Waals surface area contributed by atoms with Gasteiger partial charge in [-0.2, -0.15) is 0 Å². The van der Waals surface area contributed by atoms with Crippen LogP contribution in [0.5, 0.6) is 0 Å². The van der Waals surface area contributed by atoms with Crippen molar-refractivity contribution in [3.8, 4) is 50.6 Å². The van der Waals surface area contributed by atoms with Crippen molar-refractivity contribution in [1.82, 2.24) is 14.5 Å².